The molecule has 57 heavy (non-hydrogen) atoms. The minimum absolute atomic E-state index is 0.0341. The molecule has 15 heteroatoms. The van der Waals surface area contributed by atoms with Crippen molar-refractivity contribution in [2.75, 3.05) is 14.2 Å². The van der Waals surface area contributed by atoms with E-state index in [1.54, 1.807) is 45.3 Å². The smallest absolute Gasteiger partial charge is 0.343 e. The number of carbonyl (C=O) groups excluding carboxylic acids is 2. The highest BCUT2D eigenvalue weighted by Gasteiger charge is 2.26. The molecule has 0 atom stereocenters. The molecule has 2 aromatic heterocycles. The van der Waals surface area contributed by atoms with Crippen LogP contribution in [-0.4, -0.2) is 40.2 Å². The molecule has 2 heterocycles. The third-order valence-electron chi connectivity index (χ3n) is 10.3. The number of nitro benzene ring substituents is 1. The third kappa shape index (κ3) is 6.93. The molecule has 0 N–H and O–H groups in total. The first kappa shape index (κ1) is 41.5. The zero-order chi connectivity index (χ0) is 42.5. The van der Waals surface area contributed by atoms with Gasteiger partial charge in [-0.25, -0.2) is 22.8 Å². The highest BCUT2D eigenvalue weighted by atomic mass is 19.1. The van der Waals surface area contributed by atoms with Crippen LogP contribution in [-0.2, 0) is 9.47 Å². The second kappa shape index (κ2) is 15.5. The van der Waals surface area contributed by atoms with Crippen molar-refractivity contribution in [2.24, 2.45) is 0 Å². The van der Waals surface area contributed by atoms with Gasteiger partial charge in [-0.15, -0.1) is 0 Å². The Morgan fingerprint density at radius 2 is 1.04 bits per heavy atom. The first-order chi connectivity index (χ1) is 26.7. The largest absolute Gasteiger partial charge is 0.465 e. The Labute approximate surface area is 322 Å². The molecule has 0 aliphatic carbocycles. The van der Waals surface area contributed by atoms with Gasteiger partial charge in [0.1, 0.15) is 28.6 Å². The number of halogens is 4. The zero-order valence-corrected chi connectivity index (χ0v) is 32.7. The van der Waals surface area contributed by atoms with Crippen LogP contribution in [0.1, 0.15) is 65.2 Å². The predicted molar refractivity (Wildman–Crippen MR) is 206 cm³/mol. The van der Waals surface area contributed by atoms with Crippen LogP contribution in [0.4, 0.5) is 23.2 Å². The summed E-state index contributed by atoms with van der Waals surface area (Å²) in [5.41, 5.74) is 1.66. The maximum absolute atomic E-state index is 14.7. The van der Waals surface area contributed by atoms with Crippen LogP contribution in [0.5, 0.6) is 0 Å². The number of nitrogens with zero attached hydrogens (tertiary/aromatic N) is 3. The van der Waals surface area contributed by atoms with Gasteiger partial charge in [0.2, 0.25) is 16.7 Å². The Morgan fingerprint density at radius 1 is 0.614 bits per heavy atom. The lowest BCUT2D eigenvalue weighted by Crippen LogP contribution is -2.22. The maximum atomic E-state index is 14.7. The zero-order valence-electron chi connectivity index (χ0n) is 32.7. The van der Waals surface area contributed by atoms with Crippen molar-refractivity contribution >= 4 is 39.4 Å². The number of rotatable bonds is 5. The quantitative estimate of drug-likeness (QED) is 0.0734. The summed E-state index contributed by atoms with van der Waals surface area (Å²) in [5.74, 6) is -4.25. The van der Waals surface area contributed by atoms with Crippen molar-refractivity contribution in [3.63, 3.8) is 0 Å². The Kier molecular flexibility index (Phi) is 11.3. The average Bonchev–Trinajstić information content (AvgIpc) is 3.17. The van der Waals surface area contributed by atoms with Crippen molar-refractivity contribution in [3.8, 4) is 11.4 Å². The van der Waals surface area contributed by atoms with Crippen molar-refractivity contribution in [1.82, 2.24) is 9.13 Å². The predicted octanol–water partition coefficient (Wildman–Crippen LogP) is 8.49. The number of esters is 2. The van der Waals surface area contributed by atoms with Gasteiger partial charge in [0.05, 0.1) is 46.6 Å². The van der Waals surface area contributed by atoms with E-state index in [1.165, 1.54) is 57.0 Å². The number of methoxy groups -OCH3 is 2. The number of pyridine rings is 2. The molecular formula is C42H37F4N3O8. The molecule has 0 saturated heterocycles. The van der Waals surface area contributed by atoms with Crippen LogP contribution in [0.15, 0.2) is 52.3 Å². The Morgan fingerprint density at radius 3 is 1.44 bits per heavy atom. The summed E-state index contributed by atoms with van der Waals surface area (Å²) in [5, 5.41) is 11.3. The lowest BCUT2D eigenvalue weighted by Gasteiger charge is -2.20. The van der Waals surface area contributed by atoms with Gasteiger partial charge in [0.25, 0.3) is 0 Å². The van der Waals surface area contributed by atoms with E-state index in [9.17, 15) is 46.9 Å². The molecule has 296 valence electrons. The maximum Gasteiger partial charge on any atom is 0.343 e. The molecule has 0 unspecified atom stereocenters. The number of aryl methyl sites for hydroxylation is 6. The second-order valence-electron chi connectivity index (χ2n) is 13.6. The Hall–Kier alpha value is -6.64. The summed E-state index contributed by atoms with van der Waals surface area (Å²) >= 11 is 0. The van der Waals surface area contributed by atoms with E-state index in [0.717, 1.165) is 19.2 Å². The minimum atomic E-state index is -1.02. The van der Waals surface area contributed by atoms with Gasteiger partial charge in [-0.1, -0.05) is 0 Å². The molecule has 0 aliphatic rings. The van der Waals surface area contributed by atoms with Crippen LogP contribution in [0.2, 0.25) is 0 Å². The van der Waals surface area contributed by atoms with Gasteiger partial charge in [0, 0.05) is 24.1 Å². The van der Waals surface area contributed by atoms with E-state index in [2.05, 4.69) is 4.74 Å². The standard InChI is InChI=1S/C21H18F2N2O5.C21H19F2NO3/c1-9-6-14(22)16(25(28)29)7-15(9)24-8-13(21(27)30-5)20(26)17-12(4)18(23)10(2)11(3)19(17)24;1-10-8-14(22)6-7-16(10)24-9-15(21(26)27-5)20(25)17-13(4)18(23)11(2)12(3)19(17)24/h6-8H,1-5H3;6-9H,1-5H3. The van der Waals surface area contributed by atoms with Crippen LogP contribution < -0.4 is 10.9 Å². The van der Waals surface area contributed by atoms with Gasteiger partial charge in [-0.05, 0) is 124 Å². The summed E-state index contributed by atoms with van der Waals surface area (Å²) < 4.78 is 69.5. The molecule has 0 fully saturated rings. The summed E-state index contributed by atoms with van der Waals surface area (Å²) in [6.07, 6.45) is 2.56. The lowest BCUT2D eigenvalue weighted by molar-refractivity contribution is -0.387. The van der Waals surface area contributed by atoms with Crippen molar-refractivity contribution in [3.05, 3.63) is 152 Å². The molecule has 0 bridgehead atoms. The number of ether oxygens (including phenoxy) is 2. The average molecular weight is 788 g/mol. The Balaban J connectivity index is 0.000000219. The normalized spacial score (nSPS) is 11.1. The summed E-state index contributed by atoms with van der Waals surface area (Å²) in [6.45, 7) is 12.7. The summed E-state index contributed by atoms with van der Waals surface area (Å²) in [7, 11) is 2.27. The van der Waals surface area contributed by atoms with E-state index in [0.29, 0.717) is 39.0 Å². The fourth-order valence-corrected chi connectivity index (χ4v) is 6.96. The van der Waals surface area contributed by atoms with Crippen molar-refractivity contribution < 1.29 is 41.5 Å². The topological polar surface area (TPSA) is 140 Å². The first-order valence-corrected chi connectivity index (χ1v) is 17.3. The van der Waals surface area contributed by atoms with Crippen molar-refractivity contribution in [1.29, 1.82) is 0 Å². The van der Waals surface area contributed by atoms with Crippen LogP contribution >= 0.6 is 0 Å². The van der Waals surface area contributed by atoms with E-state index in [4.69, 9.17) is 4.74 Å². The molecule has 6 aromatic rings. The summed E-state index contributed by atoms with van der Waals surface area (Å²) in [6, 6.07) is 6.22. The van der Waals surface area contributed by atoms with Gasteiger partial charge in [0.15, 0.2) is 0 Å². The highest BCUT2D eigenvalue weighted by Crippen LogP contribution is 2.33. The third-order valence-corrected chi connectivity index (χ3v) is 10.3. The molecule has 0 saturated carbocycles. The number of fused-ring (bicyclic) bond motifs is 2. The number of nitro groups is 1. The van der Waals surface area contributed by atoms with E-state index in [1.807, 2.05) is 0 Å². The van der Waals surface area contributed by atoms with Gasteiger partial charge in [-0.2, -0.15) is 4.39 Å². The first-order valence-electron chi connectivity index (χ1n) is 17.3. The number of hydrogen-bond acceptors (Lipinski definition) is 8. The SMILES string of the molecule is COC(=O)c1cn(-c2cc([N+](=O)[O-])c(F)cc2C)c2c(C)c(C)c(F)c(C)c2c1=O.COC(=O)c1cn(-c2ccc(F)cc2C)c2c(C)c(C)c(F)c(C)c2c1=O. The van der Waals surface area contributed by atoms with Crippen LogP contribution in [0.3, 0.4) is 0 Å². The number of hydrogen-bond donors (Lipinski definition) is 0. The Bertz CT molecular complexity index is 2860. The fraction of sp³-hybridized carbons (Fsp3) is 0.238. The summed E-state index contributed by atoms with van der Waals surface area (Å²) in [4.78, 5) is 60.7. The van der Waals surface area contributed by atoms with Gasteiger partial charge < -0.3 is 18.6 Å². The van der Waals surface area contributed by atoms with Gasteiger partial charge >= 0.3 is 17.6 Å². The van der Waals surface area contributed by atoms with Crippen LogP contribution in [0, 0.1) is 88.8 Å². The second-order valence-corrected chi connectivity index (χ2v) is 13.6. The molecule has 0 radical (unpaired) electrons. The fourth-order valence-electron chi connectivity index (χ4n) is 6.96. The lowest BCUT2D eigenvalue weighted by atomic mass is 9.97. The molecule has 0 spiro atoms. The number of benzene rings is 4. The molecule has 0 aliphatic heterocycles. The van der Waals surface area contributed by atoms with Crippen molar-refractivity contribution in [2.45, 2.75) is 55.4 Å². The van der Waals surface area contributed by atoms with Crippen LogP contribution in [0.25, 0.3) is 33.2 Å². The van der Waals surface area contributed by atoms with E-state index < -0.39 is 56.7 Å². The molecule has 4 aromatic carbocycles. The molecule has 11 nitrogen and oxygen atoms in total. The van der Waals surface area contributed by atoms with E-state index >= 15 is 0 Å². The number of aromatic nitrogens is 2. The molecular weight excluding hydrogens is 750 g/mol. The highest BCUT2D eigenvalue weighted by molar-refractivity contribution is 5.98. The number of carbonyl (C=O) groups is 2. The van der Waals surface area contributed by atoms with Gasteiger partial charge in [-0.3, -0.25) is 19.7 Å². The minimum Gasteiger partial charge on any atom is -0.465 e. The molecule has 6 rings (SSSR count). The van der Waals surface area contributed by atoms with E-state index in [-0.39, 0.29) is 49.8 Å². The monoisotopic (exact) mass is 787 g/mol. The molecule has 0 amide bonds.